The largest absolute Gasteiger partial charge is 0.396 e. The van der Waals surface area contributed by atoms with Gasteiger partial charge in [-0.2, -0.15) is 0 Å². The van der Waals surface area contributed by atoms with Crippen LogP contribution in [-0.4, -0.2) is 16.1 Å². The first kappa shape index (κ1) is 18.7. The summed E-state index contributed by atoms with van der Waals surface area (Å²) >= 11 is 2.49. The second-order valence-electron chi connectivity index (χ2n) is 6.62. The molecule has 120 valence electrons. The van der Waals surface area contributed by atoms with Crippen LogP contribution in [0.1, 0.15) is 89.9 Å². The van der Waals surface area contributed by atoms with Crippen molar-refractivity contribution in [3.05, 3.63) is 0 Å². The number of unbranched alkanes of at least 4 members (excludes halogenated alkanes) is 7. The van der Waals surface area contributed by atoms with E-state index >= 15 is 0 Å². The van der Waals surface area contributed by atoms with Gasteiger partial charge >= 0.3 is 0 Å². The molecule has 2 unspecified atom stereocenters. The van der Waals surface area contributed by atoms with Crippen LogP contribution in [0.2, 0.25) is 0 Å². The first-order valence-corrected chi connectivity index (χ1v) is 10.6. The average Bonchev–Trinajstić information content (AvgIpc) is 2.90. The van der Waals surface area contributed by atoms with Gasteiger partial charge in [-0.1, -0.05) is 99.6 Å². The number of aliphatic hydroxyl groups is 1. The number of alkyl halides is 1. The number of aliphatic hydroxyl groups excluding tert-OH is 1. The molecule has 1 saturated carbocycles. The molecule has 0 aromatic heterocycles. The molecule has 0 bridgehead atoms. The lowest BCUT2D eigenvalue weighted by Crippen LogP contribution is -2.08. The fourth-order valence-electron chi connectivity index (χ4n) is 3.78. The zero-order chi connectivity index (χ0) is 14.5. The van der Waals surface area contributed by atoms with Crippen LogP contribution in [0, 0.1) is 11.8 Å². The van der Waals surface area contributed by atoms with Crippen LogP contribution in [0.15, 0.2) is 0 Å². The van der Waals surface area contributed by atoms with Crippen molar-refractivity contribution in [2.45, 2.75) is 89.9 Å². The van der Waals surface area contributed by atoms with Crippen molar-refractivity contribution in [2.75, 3.05) is 11.0 Å². The summed E-state index contributed by atoms with van der Waals surface area (Å²) in [6.45, 7) is 0.377. The maximum atomic E-state index is 8.77. The van der Waals surface area contributed by atoms with E-state index in [0.29, 0.717) is 6.61 Å². The molecule has 0 radical (unpaired) electrons. The van der Waals surface area contributed by atoms with Crippen LogP contribution >= 0.6 is 22.6 Å². The van der Waals surface area contributed by atoms with Crippen molar-refractivity contribution < 1.29 is 5.11 Å². The van der Waals surface area contributed by atoms with Crippen LogP contribution in [0.25, 0.3) is 0 Å². The molecule has 20 heavy (non-hydrogen) atoms. The number of hydrogen-bond acceptors (Lipinski definition) is 1. The lowest BCUT2D eigenvalue weighted by atomic mass is 9.87. The van der Waals surface area contributed by atoms with E-state index < -0.39 is 0 Å². The topological polar surface area (TPSA) is 20.2 Å². The van der Waals surface area contributed by atoms with Crippen molar-refractivity contribution >= 4 is 22.6 Å². The van der Waals surface area contributed by atoms with Crippen LogP contribution in [0.5, 0.6) is 0 Å². The SMILES string of the molecule is OCCCCCCCC1CCCC1CCCCCCI. The van der Waals surface area contributed by atoms with Gasteiger partial charge in [0, 0.05) is 6.61 Å². The maximum Gasteiger partial charge on any atom is 0.0431 e. The highest BCUT2D eigenvalue weighted by atomic mass is 127. The third-order valence-corrected chi connectivity index (χ3v) is 5.77. The van der Waals surface area contributed by atoms with E-state index in [1.807, 2.05) is 0 Å². The fraction of sp³-hybridized carbons (Fsp3) is 1.00. The second kappa shape index (κ2) is 13.4. The molecule has 0 aromatic carbocycles. The van der Waals surface area contributed by atoms with Gasteiger partial charge in [0.1, 0.15) is 0 Å². The smallest absolute Gasteiger partial charge is 0.0431 e. The van der Waals surface area contributed by atoms with Gasteiger partial charge in [-0.25, -0.2) is 0 Å². The summed E-state index contributed by atoms with van der Waals surface area (Å²) in [5.41, 5.74) is 0. The lowest BCUT2D eigenvalue weighted by Gasteiger charge is -2.19. The zero-order valence-corrected chi connectivity index (χ0v) is 15.5. The molecule has 0 aromatic rings. The molecule has 1 aliphatic rings. The summed E-state index contributed by atoms with van der Waals surface area (Å²) in [7, 11) is 0. The van der Waals surface area contributed by atoms with E-state index in [4.69, 9.17) is 5.11 Å². The lowest BCUT2D eigenvalue weighted by molar-refractivity contribution is 0.281. The minimum Gasteiger partial charge on any atom is -0.396 e. The Kier molecular flexibility index (Phi) is 12.5. The van der Waals surface area contributed by atoms with Crippen molar-refractivity contribution in [1.29, 1.82) is 0 Å². The van der Waals surface area contributed by atoms with E-state index in [-0.39, 0.29) is 0 Å². The highest BCUT2D eigenvalue weighted by Gasteiger charge is 2.25. The molecule has 0 heterocycles. The summed E-state index contributed by atoms with van der Waals surface area (Å²) in [5.74, 6) is 2.12. The summed E-state index contributed by atoms with van der Waals surface area (Å²) in [4.78, 5) is 0. The molecule has 1 N–H and O–H groups in total. The Morgan fingerprint density at radius 3 is 1.75 bits per heavy atom. The summed E-state index contributed by atoms with van der Waals surface area (Å²) in [6, 6.07) is 0. The molecule has 0 amide bonds. The van der Waals surface area contributed by atoms with Crippen molar-refractivity contribution in [1.82, 2.24) is 0 Å². The van der Waals surface area contributed by atoms with E-state index in [1.54, 1.807) is 0 Å². The van der Waals surface area contributed by atoms with Crippen molar-refractivity contribution in [3.63, 3.8) is 0 Å². The molecule has 1 rings (SSSR count). The Bertz CT molecular complexity index is 208. The summed E-state index contributed by atoms with van der Waals surface area (Å²) in [6.07, 6.45) is 19.7. The second-order valence-corrected chi connectivity index (χ2v) is 7.70. The maximum absolute atomic E-state index is 8.77. The minimum absolute atomic E-state index is 0.377. The summed E-state index contributed by atoms with van der Waals surface area (Å²) < 4.78 is 1.33. The number of halogens is 1. The third-order valence-electron chi connectivity index (χ3n) is 5.01. The predicted molar refractivity (Wildman–Crippen MR) is 97.6 cm³/mol. The van der Waals surface area contributed by atoms with Gasteiger partial charge in [0.15, 0.2) is 0 Å². The predicted octanol–water partition coefficient (Wildman–Crippen LogP) is 6.12. The van der Waals surface area contributed by atoms with Crippen LogP contribution in [0.4, 0.5) is 0 Å². The molecule has 0 aliphatic heterocycles. The Morgan fingerprint density at radius 1 is 0.700 bits per heavy atom. The van der Waals surface area contributed by atoms with E-state index in [1.165, 1.54) is 87.9 Å². The monoisotopic (exact) mass is 394 g/mol. The van der Waals surface area contributed by atoms with Crippen LogP contribution in [-0.2, 0) is 0 Å². The van der Waals surface area contributed by atoms with Gasteiger partial charge in [0.2, 0.25) is 0 Å². The van der Waals surface area contributed by atoms with Crippen LogP contribution < -0.4 is 0 Å². The van der Waals surface area contributed by atoms with Gasteiger partial charge < -0.3 is 5.11 Å². The summed E-state index contributed by atoms with van der Waals surface area (Å²) in [5, 5.41) is 8.77. The molecule has 2 atom stereocenters. The van der Waals surface area contributed by atoms with Gasteiger partial charge in [0.25, 0.3) is 0 Å². The zero-order valence-electron chi connectivity index (χ0n) is 13.3. The Morgan fingerprint density at radius 2 is 1.20 bits per heavy atom. The Labute approximate surface area is 140 Å². The van der Waals surface area contributed by atoms with E-state index in [2.05, 4.69) is 22.6 Å². The fourth-order valence-corrected chi connectivity index (χ4v) is 4.32. The molecule has 0 saturated heterocycles. The molecule has 1 fully saturated rings. The molecular formula is C18H35IO. The highest BCUT2D eigenvalue weighted by Crippen LogP contribution is 2.38. The standard InChI is InChI=1S/C18H35IO/c19-15-8-4-3-7-12-18-14-10-13-17(18)11-6-2-1-5-9-16-20/h17-18,20H,1-16H2. The number of rotatable bonds is 13. The van der Waals surface area contributed by atoms with Gasteiger partial charge in [-0.15, -0.1) is 0 Å². The third kappa shape index (κ3) is 8.86. The quantitative estimate of drug-likeness (QED) is 0.227. The molecule has 1 nitrogen and oxygen atoms in total. The normalized spacial score (nSPS) is 22.5. The van der Waals surface area contributed by atoms with Gasteiger partial charge in [0.05, 0.1) is 0 Å². The van der Waals surface area contributed by atoms with Gasteiger partial charge in [-0.3, -0.25) is 0 Å². The molecule has 0 spiro atoms. The first-order valence-electron chi connectivity index (χ1n) is 9.05. The molecule has 1 aliphatic carbocycles. The highest BCUT2D eigenvalue weighted by molar-refractivity contribution is 14.1. The van der Waals surface area contributed by atoms with E-state index in [0.717, 1.165) is 18.3 Å². The Hall–Kier alpha value is 0.690. The number of hydrogen-bond donors (Lipinski definition) is 1. The van der Waals surface area contributed by atoms with Gasteiger partial charge in [-0.05, 0) is 29.1 Å². The first-order chi connectivity index (χ1) is 9.88. The minimum atomic E-state index is 0.377. The van der Waals surface area contributed by atoms with Crippen molar-refractivity contribution in [3.8, 4) is 0 Å². The van der Waals surface area contributed by atoms with E-state index in [9.17, 15) is 0 Å². The average molecular weight is 394 g/mol. The Balaban J connectivity index is 1.99. The van der Waals surface area contributed by atoms with Crippen LogP contribution in [0.3, 0.4) is 0 Å². The molecule has 2 heteroatoms. The van der Waals surface area contributed by atoms with Crippen molar-refractivity contribution in [2.24, 2.45) is 11.8 Å². The molecular weight excluding hydrogens is 359 g/mol.